The van der Waals surface area contributed by atoms with Crippen LogP contribution in [-0.4, -0.2) is 22.9 Å². The van der Waals surface area contributed by atoms with Gasteiger partial charge in [-0.25, -0.2) is 4.39 Å². The van der Waals surface area contributed by atoms with Crippen LogP contribution in [0.25, 0.3) is 0 Å². The van der Waals surface area contributed by atoms with E-state index in [1.165, 1.54) is 18.2 Å². The maximum absolute atomic E-state index is 12.8. The van der Waals surface area contributed by atoms with E-state index in [-0.39, 0.29) is 18.8 Å². The van der Waals surface area contributed by atoms with E-state index in [2.05, 4.69) is 0 Å². The van der Waals surface area contributed by atoms with Gasteiger partial charge in [0.1, 0.15) is 5.82 Å². The second kappa shape index (κ2) is 5.05. The van der Waals surface area contributed by atoms with E-state index in [0.29, 0.717) is 5.56 Å². The normalized spacial score (nSPS) is 15.1. The summed E-state index contributed by atoms with van der Waals surface area (Å²) in [6, 6.07) is 5.24. The lowest BCUT2D eigenvalue weighted by Gasteiger charge is -2.14. The Kier molecular flexibility index (Phi) is 4.00. The third kappa shape index (κ3) is 3.06. The van der Waals surface area contributed by atoms with Crippen molar-refractivity contribution < 1.29 is 14.6 Å². The van der Waals surface area contributed by atoms with E-state index in [1.54, 1.807) is 6.07 Å². The molecule has 2 atom stereocenters. The Morgan fingerprint density at radius 3 is 2.71 bits per heavy atom. The minimum absolute atomic E-state index is 0.188. The summed E-state index contributed by atoms with van der Waals surface area (Å²) in [6.07, 6.45) is -0.604. The van der Waals surface area contributed by atoms with Crippen LogP contribution in [0.1, 0.15) is 18.1 Å². The predicted molar refractivity (Wildman–Crippen MR) is 51.0 cm³/mol. The Labute approximate surface area is 82.0 Å². The Bertz CT molecular complexity index is 293. The smallest absolute Gasteiger partial charge is 0.123 e. The molecule has 0 bridgehead atoms. The number of rotatable bonds is 4. The molecule has 0 aromatic heterocycles. The van der Waals surface area contributed by atoms with Crippen LogP contribution in [0.3, 0.4) is 0 Å². The predicted octanol–water partition coefficient (Wildman–Crippen LogP) is 0.569. The van der Waals surface area contributed by atoms with Gasteiger partial charge in [0.2, 0.25) is 0 Å². The summed E-state index contributed by atoms with van der Waals surface area (Å²) in [5.74, 6) is -0.390. The molecule has 0 saturated carbocycles. The number of aliphatic hydroxyl groups is 2. The maximum Gasteiger partial charge on any atom is 0.123 e. The van der Waals surface area contributed by atoms with Crippen molar-refractivity contribution in [2.45, 2.75) is 18.6 Å². The number of benzene rings is 1. The van der Waals surface area contributed by atoms with Crippen molar-refractivity contribution >= 4 is 0 Å². The van der Waals surface area contributed by atoms with E-state index < -0.39 is 12.1 Å². The van der Waals surface area contributed by atoms with Crippen LogP contribution >= 0.6 is 0 Å². The van der Waals surface area contributed by atoms with Gasteiger partial charge in [0, 0.05) is 6.04 Å². The zero-order valence-corrected chi connectivity index (χ0v) is 7.73. The lowest BCUT2D eigenvalue weighted by Crippen LogP contribution is -2.26. The van der Waals surface area contributed by atoms with Crippen molar-refractivity contribution in [2.24, 2.45) is 5.73 Å². The lowest BCUT2D eigenvalue weighted by atomic mass is 10.0. The summed E-state index contributed by atoms with van der Waals surface area (Å²) in [5, 5.41) is 18.3. The third-order valence-electron chi connectivity index (χ3n) is 1.99. The average Bonchev–Trinajstić information content (AvgIpc) is 2.17. The van der Waals surface area contributed by atoms with Crippen LogP contribution in [0.2, 0.25) is 0 Å². The highest BCUT2D eigenvalue weighted by Crippen LogP contribution is 2.18. The molecule has 1 aromatic carbocycles. The van der Waals surface area contributed by atoms with E-state index in [4.69, 9.17) is 10.8 Å². The summed E-state index contributed by atoms with van der Waals surface area (Å²) in [4.78, 5) is 0. The van der Waals surface area contributed by atoms with Gasteiger partial charge in [-0.15, -0.1) is 0 Å². The molecule has 1 rings (SSSR count). The van der Waals surface area contributed by atoms with Crippen molar-refractivity contribution in [3.63, 3.8) is 0 Å². The van der Waals surface area contributed by atoms with E-state index in [9.17, 15) is 9.50 Å². The number of aliphatic hydroxyl groups excluding tert-OH is 2. The fourth-order valence-electron chi connectivity index (χ4n) is 1.21. The summed E-state index contributed by atoms with van der Waals surface area (Å²) >= 11 is 0. The van der Waals surface area contributed by atoms with Crippen molar-refractivity contribution in [3.05, 3.63) is 35.6 Å². The van der Waals surface area contributed by atoms with Gasteiger partial charge in [-0.05, 0) is 24.1 Å². The Balaban J connectivity index is 2.64. The number of nitrogens with two attached hydrogens (primary N) is 1. The van der Waals surface area contributed by atoms with Crippen molar-refractivity contribution in [3.8, 4) is 0 Å². The standard InChI is InChI=1S/C10H14FNO2/c11-8-3-1-2-7(4-8)10(14)5-9(12)6-13/h1-4,9-10,13-14H,5-6,12H2/t9-,10-/m0/s1. The molecule has 0 aliphatic heterocycles. The van der Waals surface area contributed by atoms with Gasteiger partial charge in [0.05, 0.1) is 12.7 Å². The van der Waals surface area contributed by atoms with Gasteiger partial charge in [-0.3, -0.25) is 0 Å². The maximum atomic E-state index is 12.8. The topological polar surface area (TPSA) is 66.5 Å². The molecule has 0 radical (unpaired) electrons. The molecule has 1 aromatic rings. The first-order valence-electron chi connectivity index (χ1n) is 4.43. The van der Waals surface area contributed by atoms with E-state index in [0.717, 1.165) is 0 Å². The van der Waals surface area contributed by atoms with Gasteiger partial charge in [0.15, 0.2) is 0 Å². The zero-order chi connectivity index (χ0) is 10.6. The molecular weight excluding hydrogens is 185 g/mol. The first-order chi connectivity index (χ1) is 6.63. The summed E-state index contributed by atoms with van der Waals surface area (Å²) in [6.45, 7) is -0.188. The molecule has 0 spiro atoms. The van der Waals surface area contributed by atoms with Crippen molar-refractivity contribution in [1.82, 2.24) is 0 Å². The number of hydrogen-bond acceptors (Lipinski definition) is 3. The highest BCUT2D eigenvalue weighted by molar-refractivity contribution is 5.18. The first kappa shape index (κ1) is 11.1. The molecule has 0 fully saturated rings. The fraction of sp³-hybridized carbons (Fsp3) is 0.400. The second-order valence-electron chi connectivity index (χ2n) is 3.25. The molecule has 0 saturated heterocycles. The Hall–Kier alpha value is -0.970. The molecule has 78 valence electrons. The summed E-state index contributed by atoms with van der Waals surface area (Å²) in [7, 11) is 0. The van der Waals surface area contributed by atoms with Crippen molar-refractivity contribution in [2.75, 3.05) is 6.61 Å². The van der Waals surface area contributed by atoms with E-state index in [1.807, 2.05) is 0 Å². The summed E-state index contributed by atoms with van der Waals surface area (Å²) in [5.41, 5.74) is 5.93. The van der Waals surface area contributed by atoms with Gasteiger partial charge in [0.25, 0.3) is 0 Å². The third-order valence-corrected chi connectivity index (χ3v) is 1.99. The number of hydrogen-bond donors (Lipinski definition) is 3. The molecule has 3 nitrogen and oxygen atoms in total. The molecule has 0 heterocycles. The molecule has 4 N–H and O–H groups in total. The lowest BCUT2D eigenvalue weighted by molar-refractivity contribution is 0.140. The highest BCUT2D eigenvalue weighted by atomic mass is 19.1. The fourth-order valence-corrected chi connectivity index (χ4v) is 1.21. The van der Waals surface area contributed by atoms with Crippen LogP contribution in [0, 0.1) is 5.82 Å². The largest absolute Gasteiger partial charge is 0.395 e. The average molecular weight is 199 g/mol. The molecule has 4 heteroatoms. The molecule has 0 aliphatic rings. The van der Waals surface area contributed by atoms with Gasteiger partial charge >= 0.3 is 0 Å². The molecule has 0 unspecified atom stereocenters. The molecule has 14 heavy (non-hydrogen) atoms. The molecular formula is C10H14FNO2. The van der Waals surface area contributed by atoms with Crippen LogP contribution < -0.4 is 5.73 Å². The SMILES string of the molecule is N[C@H](CO)C[C@H](O)c1cccc(F)c1. The van der Waals surface area contributed by atoms with Gasteiger partial charge in [-0.2, -0.15) is 0 Å². The van der Waals surface area contributed by atoms with Gasteiger partial charge in [-0.1, -0.05) is 12.1 Å². The Morgan fingerprint density at radius 2 is 2.14 bits per heavy atom. The first-order valence-corrected chi connectivity index (χ1v) is 4.43. The second-order valence-corrected chi connectivity index (χ2v) is 3.25. The van der Waals surface area contributed by atoms with E-state index >= 15 is 0 Å². The highest BCUT2D eigenvalue weighted by Gasteiger charge is 2.12. The molecule has 0 aliphatic carbocycles. The van der Waals surface area contributed by atoms with Gasteiger partial charge < -0.3 is 15.9 Å². The zero-order valence-electron chi connectivity index (χ0n) is 7.73. The van der Waals surface area contributed by atoms with Crippen LogP contribution in [-0.2, 0) is 0 Å². The van der Waals surface area contributed by atoms with Crippen LogP contribution in [0.15, 0.2) is 24.3 Å². The Morgan fingerprint density at radius 1 is 1.43 bits per heavy atom. The molecule has 0 amide bonds. The van der Waals surface area contributed by atoms with Crippen LogP contribution in [0.5, 0.6) is 0 Å². The van der Waals surface area contributed by atoms with Crippen LogP contribution in [0.4, 0.5) is 4.39 Å². The minimum Gasteiger partial charge on any atom is -0.395 e. The number of halogens is 1. The monoisotopic (exact) mass is 199 g/mol. The summed E-state index contributed by atoms with van der Waals surface area (Å²) < 4.78 is 12.8. The van der Waals surface area contributed by atoms with Crippen molar-refractivity contribution in [1.29, 1.82) is 0 Å². The quantitative estimate of drug-likeness (QED) is 0.664. The minimum atomic E-state index is -0.826.